The first kappa shape index (κ1) is 22.9. The molecule has 1 fully saturated rings. The van der Waals surface area contributed by atoms with E-state index in [1.165, 1.54) is 0 Å². The molecule has 33 heavy (non-hydrogen) atoms. The maximum absolute atomic E-state index is 12.7. The van der Waals surface area contributed by atoms with E-state index in [0.717, 1.165) is 36.2 Å². The molecule has 1 aliphatic rings. The van der Waals surface area contributed by atoms with E-state index in [0.29, 0.717) is 23.2 Å². The zero-order chi connectivity index (χ0) is 23.6. The molecule has 1 aromatic carbocycles. The summed E-state index contributed by atoms with van der Waals surface area (Å²) in [7, 11) is 3.74. The van der Waals surface area contributed by atoms with Gasteiger partial charge in [0, 0.05) is 30.9 Å². The average Bonchev–Trinajstić information content (AvgIpc) is 3.22. The first-order chi connectivity index (χ1) is 15.9. The first-order valence-electron chi connectivity index (χ1n) is 11.1. The molecule has 3 aromatic rings. The van der Waals surface area contributed by atoms with E-state index in [9.17, 15) is 4.39 Å². The van der Waals surface area contributed by atoms with Gasteiger partial charge in [0.05, 0.1) is 12.8 Å². The van der Waals surface area contributed by atoms with Crippen molar-refractivity contribution >= 4 is 22.8 Å². The van der Waals surface area contributed by atoms with Crippen molar-refractivity contribution in [3.05, 3.63) is 30.5 Å². The maximum Gasteiger partial charge on any atom is 0.244 e. The summed E-state index contributed by atoms with van der Waals surface area (Å²) >= 11 is 0. The predicted molar refractivity (Wildman–Crippen MR) is 128 cm³/mol. The summed E-state index contributed by atoms with van der Waals surface area (Å²) in [5, 5.41) is 14.7. The number of piperidine rings is 1. The molecule has 4 rings (SSSR count). The number of likely N-dealkylation sites (tertiary alicyclic amines) is 1. The van der Waals surface area contributed by atoms with Gasteiger partial charge in [-0.2, -0.15) is 10.1 Å². The van der Waals surface area contributed by atoms with Crippen LogP contribution in [0.5, 0.6) is 5.88 Å². The van der Waals surface area contributed by atoms with Gasteiger partial charge >= 0.3 is 0 Å². The van der Waals surface area contributed by atoms with Gasteiger partial charge in [0.15, 0.2) is 0 Å². The molecular formula is C23H31FN8O. The van der Waals surface area contributed by atoms with Crippen LogP contribution in [-0.2, 0) is 0 Å². The van der Waals surface area contributed by atoms with Crippen molar-refractivity contribution in [1.82, 2.24) is 19.5 Å². The highest BCUT2D eigenvalue weighted by atomic mass is 19.1. The minimum absolute atomic E-state index is 0.0774. The highest BCUT2D eigenvalue weighted by molar-refractivity contribution is 5.87. The minimum Gasteiger partial charge on any atom is -0.479 e. The summed E-state index contributed by atoms with van der Waals surface area (Å²) in [6, 6.07) is 7.65. The Morgan fingerprint density at radius 3 is 2.85 bits per heavy atom. The summed E-state index contributed by atoms with van der Waals surface area (Å²) in [5.74, 6) is 0.989. The molecule has 176 valence electrons. The lowest BCUT2D eigenvalue weighted by molar-refractivity contribution is 0.126. The fourth-order valence-corrected chi connectivity index (χ4v) is 4.60. The number of aromatic nitrogens is 3. The second-order valence-corrected chi connectivity index (χ2v) is 9.14. The summed E-state index contributed by atoms with van der Waals surface area (Å²) in [5.41, 5.74) is 11.0. The first-order valence-corrected chi connectivity index (χ1v) is 11.1. The molecule has 0 amide bonds. The smallest absolute Gasteiger partial charge is 0.244 e. The number of hydrogen-bond donors (Lipinski definition) is 3. The zero-order valence-electron chi connectivity index (χ0n) is 19.5. The quantitative estimate of drug-likeness (QED) is 0.430. The largest absolute Gasteiger partial charge is 0.479 e. The van der Waals surface area contributed by atoms with Gasteiger partial charge in [-0.15, -0.1) is 5.10 Å². The number of alkyl halides is 1. The topological polar surface area (TPSA) is 103 Å². The number of nitrogens with zero attached hydrogens (tertiary/aromatic N) is 5. The summed E-state index contributed by atoms with van der Waals surface area (Å²) in [6.45, 7) is 6.17. The van der Waals surface area contributed by atoms with E-state index < -0.39 is 6.67 Å². The molecule has 0 aliphatic carbocycles. The van der Waals surface area contributed by atoms with Gasteiger partial charge in [-0.25, -0.2) is 14.4 Å². The van der Waals surface area contributed by atoms with Crippen LogP contribution >= 0.6 is 0 Å². The molecule has 0 radical (unpaired) electrons. The Morgan fingerprint density at radius 2 is 2.15 bits per heavy atom. The van der Waals surface area contributed by atoms with E-state index in [-0.39, 0.29) is 18.0 Å². The van der Waals surface area contributed by atoms with Gasteiger partial charge in [0.25, 0.3) is 0 Å². The number of rotatable bonds is 8. The number of methoxy groups -OCH3 is 1. The van der Waals surface area contributed by atoms with Crippen molar-refractivity contribution in [1.29, 1.82) is 5.53 Å². The molecule has 0 unspecified atom stereocenters. The molecule has 0 spiro atoms. The van der Waals surface area contributed by atoms with Crippen LogP contribution < -0.4 is 15.4 Å². The lowest BCUT2D eigenvalue weighted by Gasteiger charge is -2.43. The van der Waals surface area contributed by atoms with Gasteiger partial charge in [0.2, 0.25) is 11.8 Å². The van der Waals surface area contributed by atoms with Crippen LogP contribution in [-0.4, -0.2) is 66.0 Å². The van der Waals surface area contributed by atoms with Crippen molar-refractivity contribution in [2.24, 2.45) is 10.5 Å². The van der Waals surface area contributed by atoms with E-state index in [4.69, 9.17) is 15.4 Å². The highest BCUT2D eigenvalue weighted by Gasteiger charge is 2.35. The normalized spacial score (nSPS) is 18.3. The van der Waals surface area contributed by atoms with Gasteiger partial charge in [-0.3, -0.25) is 0 Å². The molecule has 2 aromatic heterocycles. The number of nitrogens with one attached hydrogen (secondary N) is 3. The van der Waals surface area contributed by atoms with Crippen LogP contribution in [0.1, 0.15) is 20.3 Å². The number of ether oxygens (including phenoxy) is 1. The van der Waals surface area contributed by atoms with E-state index in [1.807, 2.05) is 24.4 Å². The minimum atomic E-state index is -0.512. The van der Waals surface area contributed by atoms with Crippen LogP contribution in [0.15, 0.2) is 35.6 Å². The molecule has 10 heteroatoms. The van der Waals surface area contributed by atoms with Crippen LogP contribution in [0.4, 0.5) is 21.7 Å². The average molecular weight is 455 g/mol. The van der Waals surface area contributed by atoms with Gasteiger partial charge < -0.3 is 20.3 Å². The van der Waals surface area contributed by atoms with Gasteiger partial charge in [0.1, 0.15) is 17.9 Å². The summed E-state index contributed by atoms with van der Waals surface area (Å²) in [4.78, 5) is 7.01. The van der Waals surface area contributed by atoms with Crippen LogP contribution in [0, 0.1) is 10.9 Å². The second kappa shape index (κ2) is 9.30. The third kappa shape index (κ3) is 4.61. The summed E-state index contributed by atoms with van der Waals surface area (Å²) < 4.78 is 20.1. The third-order valence-electron chi connectivity index (χ3n) is 6.23. The third-order valence-corrected chi connectivity index (χ3v) is 6.23. The highest BCUT2D eigenvalue weighted by Crippen LogP contribution is 2.36. The van der Waals surface area contributed by atoms with Crippen LogP contribution in [0.2, 0.25) is 0 Å². The van der Waals surface area contributed by atoms with E-state index >= 15 is 0 Å². The molecule has 9 nitrogen and oxygen atoms in total. The standard InChI is InChI=1S/C23H31FN8O/c1-23(2)14-31(3)11-8-19(23)27-22-28-21(33-4)20-16(7-12-32(20)30-22)15-5-6-17(29-25)18(13-15)26-10-9-24/h5-7,12-13,19,25-26H,8-11,14H2,1-4H3,(H,27,30)/t19-/m0/s1. The second-order valence-electron chi connectivity index (χ2n) is 9.14. The Labute approximate surface area is 192 Å². The van der Waals surface area contributed by atoms with E-state index in [1.54, 1.807) is 17.7 Å². The Hall–Kier alpha value is -3.27. The molecule has 1 saturated heterocycles. The Bertz CT molecular complexity index is 1140. The number of halogens is 1. The lowest BCUT2D eigenvalue weighted by atomic mass is 9.79. The zero-order valence-corrected chi connectivity index (χ0v) is 19.5. The molecule has 0 saturated carbocycles. The van der Waals surface area contributed by atoms with Crippen molar-refractivity contribution < 1.29 is 9.13 Å². The monoisotopic (exact) mass is 454 g/mol. The Balaban J connectivity index is 1.70. The number of hydrogen-bond acceptors (Lipinski definition) is 8. The molecule has 1 atom stereocenters. The van der Waals surface area contributed by atoms with Gasteiger partial charge in [-0.1, -0.05) is 19.9 Å². The van der Waals surface area contributed by atoms with Crippen molar-refractivity contribution in [2.75, 3.05) is 51.1 Å². The number of fused-ring (bicyclic) bond motifs is 1. The SMILES string of the molecule is COc1nc(N[C@H]2CCN(C)CC2(C)C)nn2ccc(-c3ccc(N=N)c(NCCF)c3)c12. The van der Waals surface area contributed by atoms with Crippen molar-refractivity contribution in [3.63, 3.8) is 0 Å². The van der Waals surface area contributed by atoms with E-state index in [2.05, 4.69) is 46.5 Å². The van der Waals surface area contributed by atoms with Crippen LogP contribution in [0.3, 0.4) is 0 Å². The van der Waals surface area contributed by atoms with Crippen molar-refractivity contribution in [2.45, 2.75) is 26.3 Å². The lowest BCUT2D eigenvalue weighted by Crippen LogP contribution is -2.50. The summed E-state index contributed by atoms with van der Waals surface area (Å²) in [6.07, 6.45) is 2.88. The number of benzene rings is 1. The number of anilines is 2. The maximum atomic E-state index is 12.7. The molecule has 0 bridgehead atoms. The Morgan fingerprint density at radius 1 is 1.33 bits per heavy atom. The Kier molecular flexibility index (Phi) is 6.46. The predicted octanol–water partition coefficient (Wildman–Crippen LogP) is 4.59. The van der Waals surface area contributed by atoms with Gasteiger partial charge in [-0.05, 0) is 49.2 Å². The van der Waals surface area contributed by atoms with Crippen LogP contribution in [0.25, 0.3) is 16.6 Å². The fourth-order valence-electron chi connectivity index (χ4n) is 4.60. The molecule has 3 N–H and O–H groups in total. The molecule has 1 aliphatic heterocycles. The fraction of sp³-hybridized carbons (Fsp3) is 0.478. The molecule has 3 heterocycles. The molecular weight excluding hydrogens is 423 g/mol. The van der Waals surface area contributed by atoms with Crippen molar-refractivity contribution in [3.8, 4) is 17.0 Å².